The molecule has 76 valence electrons. The monoisotopic (exact) mass is 186 g/mol. The van der Waals surface area contributed by atoms with E-state index in [9.17, 15) is 9.59 Å². The summed E-state index contributed by atoms with van der Waals surface area (Å²) >= 11 is 0. The number of carbonyl (C=O) groups excluding carboxylic acids is 2. The van der Waals surface area contributed by atoms with Crippen LogP contribution in [0.15, 0.2) is 0 Å². The molecule has 13 heavy (non-hydrogen) atoms. The third-order valence-corrected chi connectivity index (χ3v) is 2.08. The van der Waals surface area contributed by atoms with Crippen molar-refractivity contribution in [2.45, 2.75) is 34.1 Å². The number of hydrogen-bond donors (Lipinski definition) is 0. The van der Waals surface area contributed by atoms with Crippen LogP contribution in [0.2, 0.25) is 0 Å². The van der Waals surface area contributed by atoms with E-state index in [1.54, 1.807) is 0 Å². The van der Waals surface area contributed by atoms with Crippen LogP contribution in [0.1, 0.15) is 34.1 Å². The van der Waals surface area contributed by atoms with Crippen LogP contribution in [0.4, 0.5) is 0 Å². The van der Waals surface area contributed by atoms with E-state index in [-0.39, 0.29) is 18.3 Å². The Morgan fingerprint density at radius 2 is 1.85 bits per heavy atom. The quantitative estimate of drug-likeness (QED) is 0.615. The van der Waals surface area contributed by atoms with Gasteiger partial charge in [-0.05, 0) is 12.3 Å². The maximum Gasteiger partial charge on any atom is 0.303 e. The van der Waals surface area contributed by atoms with Gasteiger partial charge >= 0.3 is 5.97 Å². The van der Waals surface area contributed by atoms with Crippen LogP contribution in [-0.2, 0) is 14.3 Å². The van der Waals surface area contributed by atoms with E-state index >= 15 is 0 Å². The molecule has 3 heteroatoms. The van der Waals surface area contributed by atoms with Crippen molar-refractivity contribution < 1.29 is 14.3 Å². The number of ketones is 1. The summed E-state index contributed by atoms with van der Waals surface area (Å²) in [4.78, 5) is 21.9. The minimum Gasteiger partial charge on any atom is -0.458 e. The highest BCUT2D eigenvalue weighted by molar-refractivity contribution is 5.84. The summed E-state index contributed by atoms with van der Waals surface area (Å²) < 4.78 is 4.65. The van der Waals surface area contributed by atoms with E-state index in [0.29, 0.717) is 5.92 Å². The Labute approximate surface area is 79.5 Å². The number of hydrogen-bond acceptors (Lipinski definition) is 3. The molecule has 3 nitrogen and oxygen atoms in total. The minimum absolute atomic E-state index is 0.0133. The van der Waals surface area contributed by atoms with Crippen LogP contribution in [0, 0.1) is 11.8 Å². The molecule has 0 saturated carbocycles. The van der Waals surface area contributed by atoms with Crippen molar-refractivity contribution >= 4 is 11.8 Å². The van der Waals surface area contributed by atoms with Crippen LogP contribution in [0.25, 0.3) is 0 Å². The second-order valence-corrected chi connectivity index (χ2v) is 3.51. The smallest absolute Gasteiger partial charge is 0.303 e. The first-order valence-corrected chi connectivity index (χ1v) is 4.65. The predicted molar refractivity (Wildman–Crippen MR) is 50.3 cm³/mol. The molecule has 0 unspecified atom stereocenters. The first-order valence-electron chi connectivity index (χ1n) is 4.65. The molecule has 0 amide bonds. The van der Waals surface area contributed by atoms with E-state index in [1.165, 1.54) is 6.92 Å². The molecule has 0 radical (unpaired) electrons. The molecule has 0 aromatic carbocycles. The first-order chi connectivity index (χ1) is 5.99. The first kappa shape index (κ1) is 12.1. The highest BCUT2D eigenvalue weighted by Gasteiger charge is 2.20. The summed E-state index contributed by atoms with van der Waals surface area (Å²) in [5.74, 6) is -0.0490. The maximum atomic E-state index is 11.4. The zero-order valence-corrected chi connectivity index (χ0v) is 8.79. The van der Waals surface area contributed by atoms with E-state index < -0.39 is 5.97 Å². The van der Waals surface area contributed by atoms with Crippen LogP contribution >= 0.6 is 0 Å². The summed E-state index contributed by atoms with van der Waals surface area (Å²) in [6.07, 6.45) is 0.803. The molecular formula is C10H18O3. The number of Topliss-reactive ketones (excluding diaryl/α,β-unsaturated/α-hetero) is 1. The minimum atomic E-state index is -0.396. The Morgan fingerprint density at radius 1 is 1.31 bits per heavy atom. The van der Waals surface area contributed by atoms with E-state index in [0.717, 1.165) is 6.42 Å². The van der Waals surface area contributed by atoms with Gasteiger partial charge in [-0.15, -0.1) is 0 Å². The van der Waals surface area contributed by atoms with Crippen LogP contribution < -0.4 is 0 Å². The molecule has 0 rings (SSSR count). The second-order valence-electron chi connectivity index (χ2n) is 3.51. The van der Waals surface area contributed by atoms with Crippen molar-refractivity contribution in [3.63, 3.8) is 0 Å². The van der Waals surface area contributed by atoms with Gasteiger partial charge in [0.2, 0.25) is 0 Å². The fraction of sp³-hybridized carbons (Fsp3) is 0.800. The zero-order chi connectivity index (χ0) is 10.4. The highest BCUT2D eigenvalue weighted by Crippen LogP contribution is 2.15. The molecule has 0 aliphatic rings. The Balaban J connectivity index is 3.99. The van der Waals surface area contributed by atoms with E-state index in [1.807, 2.05) is 20.8 Å². The molecule has 1 atom stereocenters. The summed E-state index contributed by atoms with van der Waals surface area (Å²) in [6, 6.07) is 0. The summed E-state index contributed by atoms with van der Waals surface area (Å²) in [5, 5.41) is 0. The van der Waals surface area contributed by atoms with Crippen LogP contribution in [0.5, 0.6) is 0 Å². The molecule has 0 heterocycles. The van der Waals surface area contributed by atoms with Gasteiger partial charge in [0.1, 0.15) is 6.61 Å². The fourth-order valence-corrected chi connectivity index (χ4v) is 1.35. The molecule has 0 aliphatic heterocycles. The van der Waals surface area contributed by atoms with Gasteiger partial charge in [-0.1, -0.05) is 20.8 Å². The van der Waals surface area contributed by atoms with Gasteiger partial charge < -0.3 is 4.74 Å². The average molecular weight is 186 g/mol. The molecule has 0 bridgehead atoms. The Bertz CT molecular complexity index is 185. The Morgan fingerprint density at radius 3 is 2.15 bits per heavy atom. The molecule has 0 spiro atoms. The average Bonchev–Trinajstić information content (AvgIpc) is 2.01. The van der Waals surface area contributed by atoms with Crippen molar-refractivity contribution in [2.75, 3.05) is 6.61 Å². The third kappa shape index (κ3) is 4.65. The number of carbonyl (C=O) groups is 2. The molecule has 0 aromatic rings. The molecule has 0 aliphatic carbocycles. The van der Waals surface area contributed by atoms with Crippen molar-refractivity contribution in [1.82, 2.24) is 0 Å². The van der Waals surface area contributed by atoms with Crippen molar-refractivity contribution in [1.29, 1.82) is 0 Å². The van der Waals surface area contributed by atoms with Gasteiger partial charge in [0.15, 0.2) is 5.78 Å². The lowest BCUT2D eigenvalue weighted by molar-refractivity contribution is -0.147. The third-order valence-electron chi connectivity index (χ3n) is 2.08. The van der Waals surface area contributed by atoms with Gasteiger partial charge in [0, 0.05) is 12.8 Å². The highest BCUT2D eigenvalue weighted by atomic mass is 16.5. The predicted octanol–water partition coefficient (Wildman–Crippen LogP) is 1.80. The zero-order valence-electron chi connectivity index (χ0n) is 8.79. The maximum absolute atomic E-state index is 11.4. The number of ether oxygens (including phenoxy) is 1. The van der Waals surface area contributed by atoms with Crippen molar-refractivity contribution in [3.8, 4) is 0 Å². The number of esters is 1. The van der Waals surface area contributed by atoms with E-state index in [4.69, 9.17) is 0 Å². The summed E-state index contributed by atoms with van der Waals surface area (Å²) in [7, 11) is 0. The number of rotatable bonds is 5. The van der Waals surface area contributed by atoms with Gasteiger partial charge in [0.25, 0.3) is 0 Å². The second kappa shape index (κ2) is 5.73. The molecule has 0 aromatic heterocycles. The van der Waals surface area contributed by atoms with Crippen LogP contribution in [0.3, 0.4) is 0 Å². The van der Waals surface area contributed by atoms with E-state index in [2.05, 4.69) is 4.74 Å². The van der Waals surface area contributed by atoms with Gasteiger partial charge in [-0.25, -0.2) is 0 Å². The molecular weight excluding hydrogens is 168 g/mol. The van der Waals surface area contributed by atoms with Gasteiger partial charge in [0.05, 0.1) is 0 Å². The molecule has 0 fully saturated rings. The standard InChI is InChI=1S/C10H18O3/c1-5-9(7(2)3)10(12)6-13-8(4)11/h7,9H,5-6H2,1-4H3/t9-/m0/s1. The summed E-state index contributed by atoms with van der Waals surface area (Å²) in [5.41, 5.74) is 0. The normalized spacial score (nSPS) is 12.7. The van der Waals surface area contributed by atoms with Crippen LogP contribution in [-0.4, -0.2) is 18.4 Å². The van der Waals surface area contributed by atoms with Gasteiger partial charge in [-0.3, -0.25) is 9.59 Å². The Kier molecular flexibility index (Phi) is 5.35. The molecule has 0 saturated heterocycles. The largest absolute Gasteiger partial charge is 0.458 e. The SMILES string of the molecule is CC[C@H](C(=O)COC(C)=O)C(C)C. The van der Waals surface area contributed by atoms with Gasteiger partial charge in [-0.2, -0.15) is 0 Å². The lowest BCUT2D eigenvalue weighted by Gasteiger charge is -2.16. The lowest BCUT2D eigenvalue weighted by atomic mass is 9.89. The topological polar surface area (TPSA) is 43.4 Å². The lowest BCUT2D eigenvalue weighted by Crippen LogP contribution is -2.24. The van der Waals surface area contributed by atoms with Crippen molar-refractivity contribution in [2.24, 2.45) is 11.8 Å². The van der Waals surface area contributed by atoms with Crippen molar-refractivity contribution in [3.05, 3.63) is 0 Å². The Hall–Kier alpha value is -0.860. The molecule has 0 N–H and O–H groups in total. The fourth-order valence-electron chi connectivity index (χ4n) is 1.35. The summed E-state index contributed by atoms with van der Waals surface area (Å²) in [6.45, 7) is 7.20.